The van der Waals surface area contributed by atoms with Gasteiger partial charge in [0.2, 0.25) is 0 Å². The quantitative estimate of drug-likeness (QED) is 0.778. The van der Waals surface area contributed by atoms with Crippen molar-refractivity contribution in [1.82, 2.24) is 20.1 Å². The van der Waals surface area contributed by atoms with Crippen LogP contribution in [0.25, 0.3) is 5.69 Å². The van der Waals surface area contributed by atoms with Crippen molar-refractivity contribution in [1.29, 1.82) is 0 Å². The second kappa shape index (κ2) is 6.65. The van der Waals surface area contributed by atoms with Crippen LogP contribution in [0.15, 0.2) is 30.9 Å². The first-order valence-electron chi connectivity index (χ1n) is 6.53. The molecule has 0 aliphatic heterocycles. The highest BCUT2D eigenvalue weighted by Gasteiger charge is 2.10. The van der Waals surface area contributed by atoms with Crippen LogP contribution < -0.4 is 5.32 Å². The smallest absolute Gasteiger partial charge is 0.303 e. The number of rotatable bonds is 6. The minimum absolute atomic E-state index is 0.0461. The Labute approximate surface area is 121 Å². The molecule has 2 rings (SSSR count). The monoisotopic (exact) mass is 288 g/mol. The highest BCUT2D eigenvalue weighted by atomic mass is 16.4. The predicted octanol–water partition coefficient (Wildman–Crippen LogP) is 1.17. The van der Waals surface area contributed by atoms with Gasteiger partial charge in [0, 0.05) is 18.5 Å². The zero-order chi connectivity index (χ0) is 15.2. The van der Waals surface area contributed by atoms with Crippen molar-refractivity contribution in [2.45, 2.75) is 19.8 Å². The summed E-state index contributed by atoms with van der Waals surface area (Å²) >= 11 is 0. The number of hydrogen-bond acceptors (Lipinski definition) is 4. The number of amides is 1. The third-order valence-electron chi connectivity index (χ3n) is 2.99. The van der Waals surface area contributed by atoms with Gasteiger partial charge in [-0.3, -0.25) is 9.59 Å². The summed E-state index contributed by atoms with van der Waals surface area (Å²) in [5.74, 6) is -1.07. The molecule has 110 valence electrons. The lowest BCUT2D eigenvalue weighted by Crippen LogP contribution is -2.25. The van der Waals surface area contributed by atoms with Gasteiger partial charge in [0.15, 0.2) is 0 Å². The summed E-state index contributed by atoms with van der Waals surface area (Å²) in [5, 5.41) is 15.3. The number of hydrogen-bond donors (Lipinski definition) is 2. The number of nitrogens with zero attached hydrogens (tertiary/aromatic N) is 3. The maximum Gasteiger partial charge on any atom is 0.303 e. The lowest BCUT2D eigenvalue weighted by Gasteiger charge is -2.09. The van der Waals surface area contributed by atoms with Gasteiger partial charge >= 0.3 is 5.97 Å². The largest absolute Gasteiger partial charge is 0.481 e. The number of carbonyl (C=O) groups excluding carboxylic acids is 1. The second-order valence-corrected chi connectivity index (χ2v) is 4.59. The number of nitrogens with one attached hydrogen (secondary N) is 1. The van der Waals surface area contributed by atoms with E-state index in [0.29, 0.717) is 18.5 Å². The van der Waals surface area contributed by atoms with Gasteiger partial charge < -0.3 is 10.4 Å². The average Bonchev–Trinajstić information content (AvgIpc) is 2.97. The van der Waals surface area contributed by atoms with Crippen molar-refractivity contribution in [2.75, 3.05) is 6.54 Å². The molecular weight excluding hydrogens is 272 g/mol. The molecule has 7 heteroatoms. The minimum Gasteiger partial charge on any atom is -0.481 e. The molecule has 1 amide bonds. The van der Waals surface area contributed by atoms with E-state index >= 15 is 0 Å². The Morgan fingerprint density at radius 3 is 2.81 bits per heavy atom. The van der Waals surface area contributed by atoms with E-state index in [9.17, 15) is 9.59 Å². The number of aliphatic carboxylic acids is 1. The van der Waals surface area contributed by atoms with Crippen LogP contribution in [0.4, 0.5) is 0 Å². The van der Waals surface area contributed by atoms with E-state index in [4.69, 9.17) is 5.11 Å². The van der Waals surface area contributed by atoms with Gasteiger partial charge in [-0.05, 0) is 37.1 Å². The summed E-state index contributed by atoms with van der Waals surface area (Å²) in [7, 11) is 0. The SMILES string of the molecule is Cc1cc(-n2cncn2)ccc1C(=O)NCCCC(=O)O. The van der Waals surface area contributed by atoms with E-state index in [2.05, 4.69) is 15.4 Å². The Bertz CT molecular complexity index is 638. The molecule has 2 N–H and O–H groups in total. The Balaban J connectivity index is 2.00. The number of carbonyl (C=O) groups is 2. The first kappa shape index (κ1) is 14.7. The van der Waals surface area contributed by atoms with Crippen LogP contribution in [0, 0.1) is 6.92 Å². The summed E-state index contributed by atoms with van der Waals surface area (Å²) < 4.78 is 1.61. The molecule has 0 unspecified atom stereocenters. The predicted molar refractivity (Wildman–Crippen MR) is 75.3 cm³/mol. The van der Waals surface area contributed by atoms with Crippen LogP contribution in [0.3, 0.4) is 0 Å². The van der Waals surface area contributed by atoms with Crippen molar-refractivity contribution in [3.63, 3.8) is 0 Å². The summed E-state index contributed by atoms with van der Waals surface area (Å²) in [6.07, 6.45) is 3.49. The van der Waals surface area contributed by atoms with Gasteiger partial charge in [-0.2, -0.15) is 5.10 Å². The molecule has 0 aliphatic rings. The molecule has 1 aromatic carbocycles. The molecule has 0 aliphatic carbocycles. The third kappa shape index (κ3) is 3.88. The first-order chi connectivity index (χ1) is 10.1. The van der Waals surface area contributed by atoms with Gasteiger partial charge in [-0.1, -0.05) is 0 Å². The van der Waals surface area contributed by atoms with E-state index in [1.807, 2.05) is 13.0 Å². The number of benzene rings is 1. The normalized spacial score (nSPS) is 10.3. The van der Waals surface area contributed by atoms with Crippen molar-refractivity contribution >= 4 is 11.9 Å². The topological polar surface area (TPSA) is 97.1 Å². The fourth-order valence-electron chi connectivity index (χ4n) is 1.92. The Hall–Kier alpha value is -2.70. The van der Waals surface area contributed by atoms with Gasteiger partial charge in [-0.15, -0.1) is 0 Å². The molecule has 21 heavy (non-hydrogen) atoms. The number of aryl methyl sites for hydroxylation is 1. The lowest BCUT2D eigenvalue weighted by molar-refractivity contribution is -0.137. The molecule has 7 nitrogen and oxygen atoms in total. The van der Waals surface area contributed by atoms with E-state index in [1.165, 1.54) is 6.33 Å². The van der Waals surface area contributed by atoms with E-state index in [0.717, 1.165) is 11.3 Å². The van der Waals surface area contributed by atoms with E-state index in [-0.39, 0.29) is 12.3 Å². The van der Waals surface area contributed by atoms with Gasteiger partial charge in [0.25, 0.3) is 5.91 Å². The van der Waals surface area contributed by atoms with Crippen LogP contribution in [-0.2, 0) is 4.79 Å². The Morgan fingerprint density at radius 2 is 2.19 bits per heavy atom. The standard InChI is InChI=1S/C14H16N4O3/c1-10-7-11(18-9-15-8-17-18)4-5-12(10)14(21)16-6-2-3-13(19)20/h4-5,7-9H,2-3,6H2,1H3,(H,16,21)(H,19,20). The fraction of sp³-hybridized carbons (Fsp3) is 0.286. The lowest BCUT2D eigenvalue weighted by atomic mass is 10.1. The van der Waals surface area contributed by atoms with Crippen LogP contribution in [-0.4, -0.2) is 38.3 Å². The number of carboxylic acids is 1. The highest BCUT2D eigenvalue weighted by molar-refractivity contribution is 5.95. The Kier molecular flexibility index (Phi) is 4.65. The zero-order valence-electron chi connectivity index (χ0n) is 11.6. The zero-order valence-corrected chi connectivity index (χ0v) is 11.6. The molecule has 0 spiro atoms. The summed E-state index contributed by atoms with van der Waals surface area (Å²) in [6.45, 7) is 2.18. The van der Waals surface area contributed by atoms with Crippen molar-refractivity contribution in [2.24, 2.45) is 0 Å². The summed E-state index contributed by atoms with van der Waals surface area (Å²) in [6, 6.07) is 5.35. The molecule has 0 atom stereocenters. The van der Waals surface area contributed by atoms with Gasteiger partial charge in [-0.25, -0.2) is 9.67 Å². The molecule has 0 saturated heterocycles. The highest BCUT2D eigenvalue weighted by Crippen LogP contribution is 2.13. The first-order valence-corrected chi connectivity index (χ1v) is 6.53. The molecule has 1 aromatic heterocycles. The molecule has 2 aromatic rings. The molecule has 1 heterocycles. The van der Waals surface area contributed by atoms with E-state index < -0.39 is 5.97 Å². The van der Waals surface area contributed by atoms with Gasteiger partial charge in [0.05, 0.1) is 5.69 Å². The molecular formula is C14H16N4O3. The summed E-state index contributed by atoms with van der Waals surface area (Å²) in [4.78, 5) is 26.3. The molecule has 0 saturated carbocycles. The molecule has 0 bridgehead atoms. The van der Waals surface area contributed by atoms with E-state index in [1.54, 1.807) is 23.1 Å². The second-order valence-electron chi connectivity index (χ2n) is 4.59. The Morgan fingerprint density at radius 1 is 1.38 bits per heavy atom. The molecule has 0 radical (unpaired) electrons. The van der Waals surface area contributed by atoms with Crippen molar-refractivity contribution in [3.8, 4) is 5.69 Å². The summed E-state index contributed by atoms with van der Waals surface area (Å²) in [5.41, 5.74) is 2.21. The van der Waals surface area contributed by atoms with Crippen LogP contribution in [0.2, 0.25) is 0 Å². The number of carboxylic acid groups (broad SMARTS) is 1. The molecule has 0 fully saturated rings. The van der Waals surface area contributed by atoms with Crippen LogP contribution in [0.1, 0.15) is 28.8 Å². The van der Waals surface area contributed by atoms with Gasteiger partial charge in [0.1, 0.15) is 12.7 Å². The van der Waals surface area contributed by atoms with Crippen molar-refractivity contribution < 1.29 is 14.7 Å². The maximum atomic E-state index is 12.0. The fourth-order valence-corrected chi connectivity index (χ4v) is 1.92. The van der Waals surface area contributed by atoms with Crippen molar-refractivity contribution in [3.05, 3.63) is 42.0 Å². The maximum absolute atomic E-state index is 12.0. The van der Waals surface area contributed by atoms with Crippen LogP contribution >= 0.6 is 0 Å². The minimum atomic E-state index is -0.863. The average molecular weight is 288 g/mol. The number of aromatic nitrogens is 3. The third-order valence-corrected chi connectivity index (χ3v) is 2.99. The van der Waals surface area contributed by atoms with Crippen LogP contribution in [0.5, 0.6) is 0 Å².